The first-order chi connectivity index (χ1) is 14.5. The van der Waals surface area contributed by atoms with E-state index in [-0.39, 0.29) is 0 Å². The Balaban J connectivity index is 1.51. The highest BCUT2D eigenvalue weighted by molar-refractivity contribution is 5.76. The fraction of sp³-hybridized carbons (Fsp3) is 0.609. The minimum atomic E-state index is -0.797. The van der Waals surface area contributed by atoms with E-state index in [0.29, 0.717) is 5.92 Å². The van der Waals surface area contributed by atoms with Crippen molar-refractivity contribution in [2.24, 2.45) is 0 Å². The summed E-state index contributed by atoms with van der Waals surface area (Å²) in [5, 5.41) is 19.0. The van der Waals surface area contributed by atoms with Gasteiger partial charge in [0.05, 0.1) is 7.11 Å². The van der Waals surface area contributed by atoms with Gasteiger partial charge >= 0.3 is 5.97 Å². The molecular weight excluding hydrogens is 380 g/mol. The van der Waals surface area contributed by atoms with Crippen molar-refractivity contribution in [2.45, 2.75) is 70.9 Å². The maximum Gasteiger partial charge on any atom is 0.325 e. The molecule has 1 aromatic carbocycles. The number of rotatable bonds is 5. The number of likely N-dealkylation sites (tertiary alicyclic amines) is 1. The summed E-state index contributed by atoms with van der Waals surface area (Å²) in [6, 6.07) is 3.27. The summed E-state index contributed by atoms with van der Waals surface area (Å²) in [5.74, 6) is 2.62. The van der Waals surface area contributed by atoms with Gasteiger partial charge in [-0.2, -0.15) is 0 Å². The van der Waals surface area contributed by atoms with Gasteiger partial charge in [0.15, 0.2) is 0 Å². The van der Waals surface area contributed by atoms with Gasteiger partial charge in [0.1, 0.15) is 23.4 Å². The molecule has 2 aliphatic heterocycles. The van der Waals surface area contributed by atoms with Crippen molar-refractivity contribution in [2.75, 3.05) is 20.2 Å². The maximum absolute atomic E-state index is 12.2. The second-order valence-electron chi connectivity index (χ2n) is 8.68. The molecule has 0 saturated carbocycles. The molecule has 0 spiro atoms. The van der Waals surface area contributed by atoms with Crippen LogP contribution in [0.15, 0.2) is 12.1 Å². The molecule has 2 aliphatic rings. The summed E-state index contributed by atoms with van der Waals surface area (Å²) in [4.78, 5) is 14.3. The van der Waals surface area contributed by atoms with Crippen LogP contribution in [0, 0.1) is 13.8 Å². The number of hydrogen-bond acceptors (Lipinski definition) is 5. The average Bonchev–Trinajstić information content (AvgIpc) is 2.96. The number of methoxy groups -OCH3 is 1. The van der Waals surface area contributed by atoms with Crippen LogP contribution in [0.5, 0.6) is 5.75 Å². The lowest BCUT2D eigenvalue weighted by molar-refractivity contribution is -0.144. The van der Waals surface area contributed by atoms with Gasteiger partial charge in [0, 0.05) is 18.9 Å². The standard InChI is InChI=1S/C23H32N4O3/c1-15-13-18(14-16(2)21(15)30-3)20(23(28)29)26-11-8-17(9-12-26)22-25-24-19-7-5-4-6-10-27(19)22/h13-14,17,20H,4-12H2,1-3H3,(H,28,29). The molecule has 7 heteroatoms. The van der Waals surface area contributed by atoms with E-state index in [9.17, 15) is 9.90 Å². The SMILES string of the molecule is COc1c(C)cc(C(C(=O)O)N2CCC(c3nnc4n3CCCCC4)CC2)cc1C. The van der Waals surface area contributed by atoms with Gasteiger partial charge < -0.3 is 14.4 Å². The van der Waals surface area contributed by atoms with Crippen LogP contribution < -0.4 is 4.74 Å². The quantitative estimate of drug-likeness (QED) is 0.808. The number of piperidine rings is 1. The highest BCUT2D eigenvalue weighted by Crippen LogP contribution is 2.35. The molecule has 0 bridgehead atoms. The molecule has 4 rings (SSSR count). The summed E-state index contributed by atoms with van der Waals surface area (Å²) in [6.07, 6.45) is 6.48. The number of nitrogens with zero attached hydrogens (tertiary/aromatic N) is 4. The fourth-order valence-electron chi connectivity index (χ4n) is 5.20. The zero-order valence-corrected chi connectivity index (χ0v) is 18.2. The molecular formula is C23H32N4O3. The lowest BCUT2D eigenvalue weighted by atomic mass is 9.92. The van der Waals surface area contributed by atoms with Crippen molar-refractivity contribution in [1.82, 2.24) is 19.7 Å². The van der Waals surface area contributed by atoms with Crippen LogP contribution in [0.25, 0.3) is 0 Å². The van der Waals surface area contributed by atoms with E-state index in [1.807, 2.05) is 26.0 Å². The van der Waals surface area contributed by atoms with Crippen LogP contribution in [0.1, 0.15) is 72.4 Å². The van der Waals surface area contributed by atoms with Crippen molar-refractivity contribution >= 4 is 5.97 Å². The average molecular weight is 413 g/mol. The van der Waals surface area contributed by atoms with Crippen LogP contribution in [0.2, 0.25) is 0 Å². The van der Waals surface area contributed by atoms with Crippen LogP contribution in [0.4, 0.5) is 0 Å². The van der Waals surface area contributed by atoms with Gasteiger partial charge in [-0.15, -0.1) is 10.2 Å². The number of aryl methyl sites for hydroxylation is 3. The van der Waals surface area contributed by atoms with Crippen LogP contribution in [0.3, 0.4) is 0 Å². The Labute approximate surface area is 178 Å². The number of ether oxygens (including phenoxy) is 1. The van der Waals surface area contributed by atoms with Gasteiger partial charge in [-0.3, -0.25) is 9.69 Å². The topological polar surface area (TPSA) is 80.5 Å². The molecule has 162 valence electrons. The molecule has 2 aromatic rings. The second kappa shape index (κ2) is 8.76. The van der Waals surface area contributed by atoms with Crippen molar-refractivity contribution in [3.63, 3.8) is 0 Å². The largest absolute Gasteiger partial charge is 0.496 e. The number of benzene rings is 1. The fourth-order valence-corrected chi connectivity index (χ4v) is 5.20. The van der Waals surface area contributed by atoms with Gasteiger partial charge in [-0.25, -0.2) is 0 Å². The minimum absolute atomic E-state index is 0.356. The molecule has 3 heterocycles. The Morgan fingerprint density at radius 3 is 2.43 bits per heavy atom. The van der Waals surface area contributed by atoms with Crippen molar-refractivity contribution < 1.29 is 14.6 Å². The summed E-state index contributed by atoms with van der Waals surface area (Å²) >= 11 is 0. The van der Waals surface area contributed by atoms with Crippen molar-refractivity contribution in [3.8, 4) is 5.75 Å². The predicted molar refractivity (Wildman–Crippen MR) is 114 cm³/mol. The van der Waals surface area contributed by atoms with E-state index in [1.165, 1.54) is 19.3 Å². The number of aromatic nitrogens is 3. The molecule has 1 atom stereocenters. The third-order valence-corrected chi connectivity index (χ3v) is 6.63. The lowest BCUT2D eigenvalue weighted by Gasteiger charge is -2.36. The summed E-state index contributed by atoms with van der Waals surface area (Å²) in [7, 11) is 1.65. The smallest absolute Gasteiger partial charge is 0.325 e. The van der Waals surface area contributed by atoms with Crippen LogP contribution in [-0.4, -0.2) is 50.9 Å². The molecule has 1 saturated heterocycles. The predicted octanol–water partition coefficient (Wildman–Crippen LogP) is 3.64. The third-order valence-electron chi connectivity index (χ3n) is 6.63. The minimum Gasteiger partial charge on any atom is -0.496 e. The number of aliphatic carboxylic acids is 1. The Bertz CT molecular complexity index is 892. The van der Waals surface area contributed by atoms with E-state index in [0.717, 1.165) is 73.0 Å². The second-order valence-corrected chi connectivity index (χ2v) is 8.68. The zero-order chi connectivity index (χ0) is 21.3. The molecule has 1 N–H and O–H groups in total. The Morgan fingerprint density at radius 1 is 1.10 bits per heavy atom. The number of hydrogen-bond donors (Lipinski definition) is 1. The van der Waals surface area contributed by atoms with Crippen LogP contribution >= 0.6 is 0 Å². The van der Waals surface area contributed by atoms with E-state index >= 15 is 0 Å². The van der Waals surface area contributed by atoms with E-state index in [1.54, 1.807) is 7.11 Å². The highest BCUT2D eigenvalue weighted by Gasteiger charge is 2.34. The number of carboxylic acids is 1. The van der Waals surface area contributed by atoms with Gasteiger partial charge in [-0.05, 0) is 69.3 Å². The molecule has 0 aliphatic carbocycles. The number of carbonyl (C=O) groups is 1. The van der Waals surface area contributed by atoms with Gasteiger partial charge in [-0.1, -0.05) is 18.6 Å². The Morgan fingerprint density at radius 2 is 1.80 bits per heavy atom. The highest BCUT2D eigenvalue weighted by atomic mass is 16.5. The molecule has 0 amide bonds. The summed E-state index contributed by atoms with van der Waals surface area (Å²) < 4.78 is 7.78. The summed E-state index contributed by atoms with van der Waals surface area (Å²) in [5.41, 5.74) is 2.77. The first-order valence-electron chi connectivity index (χ1n) is 11.0. The molecule has 30 heavy (non-hydrogen) atoms. The number of carboxylic acid groups (broad SMARTS) is 1. The lowest BCUT2D eigenvalue weighted by Crippen LogP contribution is -2.40. The van der Waals surface area contributed by atoms with Crippen molar-refractivity contribution in [3.05, 3.63) is 40.5 Å². The van der Waals surface area contributed by atoms with E-state index in [2.05, 4.69) is 19.7 Å². The molecule has 7 nitrogen and oxygen atoms in total. The normalized spacial score (nSPS) is 19.2. The first kappa shape index (κ1) is 20.8. The van der Waals surface area contributed by atoms with Crippen molar-refractivity contribution in [1.29, 1.82) is 0 Å². The maximum atomic E-state index is 12.2. The van der Waals surface area contributed by atoms with Crippen LogP contribution in [-0.2, 0) is 17.8 Å². The van der Waals surface area contributed by atoms with E-state index in [4.69, 9.17) is 4.74 Å². The molecule has 1 fully saturated rings. The Hall–Kier alpha value is -2.41. The van der Waals surface area contributed by atoms with Gasteiger partial charge in [0.2, 0.25) is 0 Å². The third kappa shape index (κ3) is 3.95. The zero-order valence-electron chi connectivity index (χ0n) is 18.2. The molecule has 0 radical (unpaired) electrons. The number of fused-ring (bicyclic) bond motifs is 1. The first-order valence-corrected chi connectivity index (χ1v) is 11.0. The monoisotopic (exact) mass is 412 g/mol. The Kier molecular flexibility index (Phi) is 6.09. The molecule has 1 aromatic heterocycles. The van der Waals surface area contributed by atoms with E-state index < -0.39 is 12.0 Å². The summed E-state index contributed by atoms with van der Waals surface area (Å²) in [6.45, 7) is 6.44. The van der Waals surface area contributed by atoms with Gasteiger partial charge in [0.25, 0.3) is 0 Å². The molecule has 1 unspecified atom stereocenters.